The number of halogens is 3. The highest BCUT2D eigenvalue weighted by Gasteiger charge is 2.36. The number of nitrogens with zero attached hydrogens (tertiary/aromatic N) is 3. The van der Waals surface area contributed by atoms with E-state index in [9.17, 15) is 18.0 Å². The fourth-order valence-electron chi connectivity index (χ4n) is 1.85. The third kappa shape index (κ3) is 3.32. The van der Waals surface area contributed by atoms with Crippen LogP contribution < -0.4 is 5.56 Å². The molecule has 1 unspecified atom stereocenters. The first-order valence-corrected chi connectivity index (χ1v) is 6.45. The van der Waals surface area contributed by atoms with Crippen LogP contribution in [-0.4, -0.2) is 25.9 Å². The van der Waals surface area contributed by atoms with E-state index < -0.39 is 17.7 Å². The monoisotopic (exact) mass is 300 g/mol. The number of hydrogen-bond acceptors (Lipinski definition) is 3. The molecule has 8 heteroatoms. The van der Waals surface area contributed by atoms with E-state index in [-0.39, 0.29) is 17.6 Å². The van der Waals surface area contributed by atoms with Gasteiger partial charge in [-0.25, -0.2) is 9.67 Å². The van der Waals surface area contributed by atoms with Gasteiger partial charge in [0.2, 0.25) is 0 Å². The highest BCUT2D eigenvalue weighted by Crippen LogP contribution is 2.27. The standard InChI is InChI=1S/C13H15F3N4O/c1-3-4-5-20-11-9(7-17-20)12(21)19-10(18-11)6-8(2)13(14,15)16/h3-4,7-8H,5-6H2,1-2H3,(H,18,19,21)/b4-3-. The van der Waals surface area contributed by atoms with Crippen LogP contribution >= 0.6 is 0 Å². The highest BCUT2D eigenvalue weighted by molar-refractivity contribution is 5.73. The van der Waals surface area contributed by atoms with Crippen LogP contribution in [0.15, 0.2) is 23.1 Å². The first kappa shape index (κ1) is 15.3. The number of H-pyrrole nitrogens is 1. The first-order chi connectivity index (χ1) is 9.82. The normalized spacial score (nSPS) is 14.1. The number of allylic oxidation sites excluding steroid dienone is 2. The fraction of sp³-hybridized carbons (Fsp3) is 0.462. The summed E-state index contributed by atoms with van der Waals surface area (Å²) in [6.45, 7) is 3.30. The zero-order valence-corrected chi connectivity index (χ0v) is 11.6. The lowest BCUT2D eigenvalue weighted by molar-refractivity contribution is -0.169. The lowest BCUT2D eigenvalue weighted by Gasteiger charge is -2.14. The van der Waals surface area contributed by atoms with Crippen molar-refractivity contribution in [3.05, 3.63) is 34.5 Å². The molecule has 2 aromatic heterocycles. The number of nitrogens with one attached hydrogen (secondary N) is 1. The smallest absolute Gasteiger partial charge is 0.310 e. The Morgan fingerprint density at radius 1 is 1.48 bits per heavy atom. The van der Waals surface area contributed by atoms with Gasteiger partial charge in [0.05, 0.1) is 18.7 Å². The molecule has 5 nitrogen and oxygen atoms in total. The van der Waals surface area contributed by atoms with E-state index in [1.165, 1.54) is 10.9 Å². The molecule has 2 aromatic rings. The summed E-state index contributed by atoms with van der Waals surface area (Å²) in [6, 6.07) is 0. The second-order valence-corrected chi connectivity index (χ2v) is 4.79. The van der Waals surface area contributed by atoms with Gasteiger partial charge in [0, 0.05) is 6.42 Å². The molecule has 0 aliphatic carbocycles. The van der Waals surface area contributed by atoms with E-state index >= 15 is 0 Å². The maximum Gasteiger partial charge on any atom is 0.391 e. The van der Waals surface area contributed by atoms with E-state index in [1.807, 2.05) is 19.1 Å². The summed E-state index contributed by atoms with van der Waals surface area (Å²) in [4.78, 5) is 18.4. The van der Waals surface area contributed by atoms with Gasteiger partial charge in [0.1, 0.15) is 11.2 Å². The Morgan fingerprint density at radius 2 is 2.19 bits per heavy atom. The lowest BCUT2D eigenvalue weighted by Crippen LogP contribution is -2.24. The van der Waals surface area contributed by atoms with Gasteiger partial charge in [-0.1, -0.05) is 19.1 Å². The molecule has 0 radical (unpaired) electrons. The molecule has 114 valence electrons. The second-order valence-electron chi connectivity index (χ2n) is 4.79. The molecule has 0 bridgehead atoms. The van der Waals surface area contributed by atoms with Crippen molar-refractivity contribution < 1.29 is 13.2 Å². The molecule has 0 spiro atoms. The van der Waals surface area contributed by atoms with E-state index in [0.29, 0.717) is 12.2 Å². The molecule has 1 atom stereocenters. The molecule has 1 N–H and O–H groups in total. The average Bonchev–Trinajstić information content (AvgIpc) is 2.79. The Hall–Kier alpha value is -2.12. The third-order valence-corrected chi connectivity index (χ3v) is 3.13. The molecule has 21 heavy (non-hydrogen) atoms. The van der Waals surface area contributed by atoms with Gasteiger partial charge in [-0.15, -0.1) is 0 Å². The van der Waals surface area contributed by atoms with Crippen LogP contribution in [0.2, 0.25) is 0 Å². The van der Waals surface area contributed by atoms with Crippen LogP contribution in [0.3, 0.4) is 0 Å². The Balaban J connectivity index is 2.40. The number of hydrogen-bond donors (Lipinski definition) is 1. The summed E-state index contributed by atoms with van der Waals surface area (Å²) >= 11 is 0. The van der Waals surface area contributed by atoms with Crippen LogP contribution in [0.1, 0.15) is 19.7 Å². The molecular weight excluding hydrogens is 285 g/mol. The highest BCUT2D eigenvalue weighted by atomic mass is 19.4. The van der Waals surface area contributed by atoms with Crippen LogP contribution in [-0.2, 0) is 13.0 Å². The van der Waals surface area contributed by atoms with E-state index in [4.69, 9.17) is 0 Å². The van der Waals surface area contributed by atoms with Crippen molar-refractivity contribution in [3.8, 4) is 0 Å². The number of aromatic amines is 1. The average molecular weight is 300 g/mol. The minimum absolute atomic E-state index is 0.0135. The zero-order valence-electron chi connectivity index (χ0n) is 11.6. The minimum atomic E-state index is -4.32. The van der Waals surface area contributed by atoms with Crippen LogP contribution in [0.4, 0.5) is 13.2 Å². The summed E-state index contributed by atoms with van der Waals surface area (Å²) in [5, 5.41) is 4.29. The van der Waals surface area contributed by atoms with Gasteiger partial charge in [-0.2, -0.15) is 18.3 Å². The largest absolute Gasteiger partial charge is 0.391 e. The summed E-state index contributed by atoms with van der Waals surface area (Å²) in [7, 11) is 0. The van der Waals surface area contributed by atoms with Crippen molar-refractivity contribution in [2.75, 3.05) is 0 Å². The number of alkyl halides is 3. The molecule has 2 rings (SSSR count). The Morgan fingerprint density at radius 3 is 2.81 bits per heavy atom. The van der Waals surface area contributed by atoms with Gasteiger partial charge in [0.25, 0.3) is 5.56 Å². The van der Waals surface area contributed by atoms with Crippen molar-refractivity contribution >= 4 is 11.0 Å². The molecule has 0 aromatic carbocycles. The number of fused-ring (bicyclic) bond motifs is 1. The predicted molar refractivity (Wildman–Crippen MR) is 71.9 cm³/mol. The third-order valence-electron chi connectivity index (χ3n) is 3.13. The van der Waals surface area contributed by atoms with Crippen molar-refractivity contribution in [2.45, 2.75) is 33.0 Å². The van der Waals surface area contributed by atoms with Gasteiger partial charge < -0.3 is 4.98 Å². The second kappa shape index (κ2) is 5.71. The van der Waals surface area contributed by atoms with Gasteiger partial charge in [-0.3, -0.25) is 4.79 Å². The summed E-state index contributed by atoms with van der Waals surface area (Å²) < 4.78 is 39.2. The van der Waals surface area contributed by atoms with Gasteiger partial charge in [0.15, 0.2) is 5.65 Å². The predicted octanol–water partition coefficient (Wildman–Crippen LogP) is 2.44. The molecular formula is C13H15F3N4O. The Bertz CT molecular complexity index is 714. The van der Waals surface area contributed by atoms with Crippen molar-refractivity contribution in [1.82, 2.24) is 19.7 Å². The Kier molecular flexibility index (Phi) is 4.15. The molecule has 0 aliphatic heterocycles. The summed E-state index contributed by atoms with van der Waals surface area (Å²) in [5.41, 5.74) is -0.183. The maximum absolute atomic E-state index is 12.6. The molecule has 0 saturated heterocycles. The van der Waals surface area contributed by atoms with Crippen molar-refractivity contribution in [2.24, 2.45) is 5.92 Å². The SMILES string of the molecule is C/C=C\Cn1ncc2c(=O)[nH]c(CC(C)C(F)(F)F)nc21. The van der Waals surface area contributed by atoms with E-state index in [1.54, 1.807) is 0 Å². The van der Waals surface area contributed by atoms with Crippen LogP contribution in [0, 0.1) is 5.92 Å². The molecule has 0 amide bonds. The topological polar surface area (TPSA) is 63.6 Å². The van der Waals surface area contributed by atoms with Gasteiger partial charge >= 0.3 is 6.18 Å². The molecule has 0 aliphatic rings. The molecule has 0 fully saturated rings. The van der Waals surface area contributed by atoms with Gasteiger partial charge in [-0.05, 0) is 6.92 Å². The number of aromatic nitrogens is 4. The van der Waals surface area contributed by atoms with Crippen molar-refractivity contribution in [3.63, 3.8) is 0 Å². The van der Waals surface area contributed by atoms with Crippen LogP contribution in [0.25, 0.3) is 11.0 Å². The van der Waals surface area contributed by atoms with E-state index in [2.05, 4.69) is 15.1 Å². The first-order valence-electron chi connectivity index (χ1n) is 6.45. The molecule has 0 saturated carbocycles. The fourth-order valence-corrected chi connectivity index (χ4v) is 1.85. The summed E-state index contributed by atoms with van der Waals surface area (Å²) in [6.07, 6.45) is 0.296. The number of rotatable bonds is 4. The summed E-state index contributed by atoms with van der Waals surface area (Å²) in [5.74, 6) is -1.57. The lowest BCUT2D eigenvalue weighted by atomic mass is 10.1. The molecule has 2 heterocycles. The zero-order chi connectivity index (χ0) is 15.6. The minimum Gasteiger partial charge on any atom is -0.310 e. The Labute approximate surface area is 118 Å². The van der Waals surface area contributed by atoms with E-state index in [0.717, 1.165) is 6.92 Å². The van der Waals surface area contributed by atoms with Crippen molar-refractivity contribution in [1.29, 1.82) is 0 Å². The van der Waals surface area contributed by atoms with Crippen LogP contribution in [0.5, 0.6) is 0 Å². The maximum atomic E-state index is 12.6. The quantitative estimate of drug-likeness (QED) is 0.882.